The fraction of sp³-hybridized carbons (Fsp3) is 0.333. The van der Waals surface area contributed by atoms with Crippen molar-refractivity contribution in [2.75, 3.05) is 0 Å². The molecule has 0 saturated carbocycles. The van der Waals surface area contributed by atoms with Gasteiger partial charge in [-0.1, -0.05) is 12.1 Å². The number of phenols is 1. The summed E-state index contributed by atoms with van der Waals surface area (Å²) in [6.07, 6.45) is 0.174. The van der Waals surface area contributed by atoms with Crippen molar-refractivity contribution in [2.24, 2.45) is 0 Å². The Morgan fingerprint density at radius 3 is 2.80 bits per heavy atom. The molecule has 1 aromatic carbocycles. The van der Waals surface area contributed by atoms with Gasteiger partial charge in [0.25, 0.3) is 0 Å². The maximum atomic E-state index is 12.1. The Morgan fingerprint density at radius 1 is 1.35 bits per heavy atom. The van der Waals surface area contributed by atoms with Crippen LogP contribution in [0.25, 0.3) is 0 Å². The lowest BCUT2D eigenvalue weighted by atomic mass is 9.83. The number of aromatic hydroxyl groups is 1. The standard InChI is InChI=1S/C15H15NO4/c1-15(2)13-12(14(19)20-15)10(7-11(18)16-13)8-4-3-5-9(17)6-8/h3-6,10,17H,7H2,1-2H3,(H,16,18). The molecule has 5 nitrogen and oxygen atoms in total. The Kier molecular flexibility index (Phi) is 2.61. The SMILES string of the molecule is CC1(C)OC(=O)C2=C1NC(=O)CC2c1cccc(O)c1. The first-order valence-electron chi connectivity index (χ1n) is 6.45. The number of ether oxygens (including phenoxy) is 1. The third-order valence-electron chi connectivity index (χ3n) is 3.71. The number of esters is 1. The topological polar surface area (TPSA) is 75.6 Å². The maximum absolute atomic E-state index is 12.1. The number of benzene rings is 1. The highest BCUT2D eigenvalue weighted by atomic mass is 16.6. The minimum absolute atomic E-state index is 0.112. The van der Waals surface area contributed by atoms with Gasteiger partial charge in [-0.3, -0.25) is 4.79 Å². The summed E-state index contributed by atoms with van der Waals surface area (Å²) < 4.78 is 5.34. The number of carbonyl (C=O) groups is 2. The highest BCUT2D eigenvalue weighted by Crippen LogP contribution is 2.42. The average Bonchev–Trinajstić information content (AvgIpc) is 2.59. The van der Waals surface area contributed by atoms with Crippen LogP contribution in [0.15, 0.2) is 35.5 Å². The summed E-state index contributed by atoms with van der Waals surface area (Å²) in [5.41, 5.74) is 0.937. The van der Waals surface area contributed by atoms with Crippen molar-refractivity contribution in [3.05, 3.63) is 41.1 Å². The molecule has 0 fully saturated rings. The highest BCUT2D eigenvalue weighted by molar-refractivity contribution is 5.99. The fourth-order valence-electron chi connectivity index (χ4n) is 2.80. The molecule has 1 atom stereocenters. The molecule has 0 bridgehead atoms. The van der Waals surface area contributed by atoms with Crippen molar-refractivity contribution < 1.29 is 19.4 Å². The molecule has 3 rings (SSSR count). The molecule has 0 aliphatic carbocycles. The van der Waals surface area contributed by atoms with Crippen LogP contribution >= 0.6 is 0 Å². The van der Waals surface area contributed by atoms with E-state index in [1.54, 1.807) is 38.1 Å². The largest absolute Gasteiger partial charge is 0.508 e. The molecule has 0 saturated heterocycles. The molecule has 1 aromatic rings. The van der Waals surface area contributed by atoms with E-state index in [1.807, 2.05) is 0 Å². The molecule has 0 spiro atoms. The van der Waals surface area contributed by atoms with Gasteiger partial charge in [-0.25, -0.2) is 4.79 Å². The Labute approximate surface area is 116 Å². The third-order valence-corrected chi connectivity index (χ3v) is 3.71. The Morgan fingerprint density at radius 2 is 2.10 bits per heavy atom. The summed E-state index contributed by atoms with van der Waals surface area (Å²) >= 11 is 0. The van der Waals surface area contributed by atoms with Gasteiger partial charge >= 0.3 is 5.97 Å². The smallest absolute Gasteiger partial charge is 0.337 e. The van der Waals surface area contributed by atoms with Crippen LogP contribution in [0, 0.1) is 0 Å². The van der Waals surface area contributed by atoms with E-state index < -0.39 is 11.6 Å². The number of rotatable bonds is 1. The normalized spacial score (nSPS) is 24.2. The van der Waals surface area contributed by atoms with Gasteiger partial charge < -0.3 is 15.2 Å². The lowest BCUT2D eigenvalue weighted by molar-refractivity contribution is -0.144. The maximum Gasteiger partial charge on any atom is 0.337 e. The van der Waals surface area contributed by atoms with Crippen molar-refractivity contribution in [3.8, 4) is 5.75 Å². The zero-order valence-corrected chi connectivity index (χ0v) is 11.3. The second-order valence-electron chi connectivity index (χ2n) is 5.59. The summed E-state index contributed by atoms with van der Waals surface area (Å²) in [6.45, 7) is 3.50. The van der Waals surface area contributed by atoms with Crippen LogP contribution in [0.1, 0.15) is 31.7 Å². The van der Waals surface area contributed by atoms with Gasteiger partial charge in [0.15, 0.2) is 0 Å². The predicted molar refractivity (Wildman–Crippen MR) is 70.8 cm³/mol. The molecule has 104 valence electrons. The lowest BCUT2D eigenvalue weighted by Crippen LogP contribution is -2.38. The van der Waals surface area contributed by atoms with Crippen LogP contribution in [0.2, 0.25) is 0 Å². The molecular weight excluding hydrogens is 258 g/mol. The van der Waals surface area contributed by atoms with Crippen LogP contribution in [-0.2, 0) is 14.3 Å². The summed E-state index contributed by atoms with van der Waals surface area (Å²) in [5.74, 6) is -0.816. The van der Waals surface area contributed by atoms with Crippen molar-refractivity contribution in [1.82, 2.24) is 5.32 Å². The number of amides is 1. The summed E-state index contributed by atoms with van der Waals surface area (Å²) in [4.78, 5) is 24.0. The molecular formula is C15H15NO4. The monoisotopic (exact) mass is 273 g/mol. The van der Waals surface area contributed by atoms with Gasteiger partial charge in [0.05, 0.1) is 11.3 Å². The van der Waals surface area contributed by atoms with Crippen LogP contribution in [-0.4, -0.2) is 22.6 Å². The summed E-state index contributed by atoms with van der Waals surface area (Å²) in [7, 11) is 0. The lowest BCUT2D eigenvalue weighted by Gasteiger charge is -2.27. The van der Waals surface area contributed by atoms with E-state index in [0.29, 0.717) is 11.3 Å². The van der Waals surface area contributed by atoms with Crippen molar-refractivity contribution in [2.45, 2.75) is 31.8 Å². The van der Waals surface area contributed by atoms with E-state index in [-0.39, 0.29) is 24.0 Å². The van der Waals surface area contributed by atoms with E-state index in [1.165, 1.54) is 0 Å². The number of carbonyl (C=O) groups excluding carboxylic acids is 2. The molecule has 2 aliphatic heterocycles. The van der Waals surface area contributed by atoms with Gasteiger partial charge in [-0.15, -0.1) is 0 Å². The summed E-state index contributed by atoms with van der Waals surface area (Å²) in [6, 6.07) is 6.63. The molecule has 2 aliphatic rings. The number of hydrogen-bond donors (Lipinski definition) is 2. The molecule has 0 aromatic heterocycles. The van der Waals surface area contributed by atoms with Gasteiger partial charge in [0, 0.05) is 12.3 Å². The fourth-order valence-corrected chi connectivity index (χ4v) is 2.80. The molecule has 1 unspecified atom stereocenters. The minimum atomic E-state index is -0.822. The molecule has 1 amide bonds. The Balaban J connectivity index is 2.13. The number of phenolic OH excluding ortho intramolecular Hbond substituents is 1. The second kappa shape index (κ2) is 4.10. The van der Waals surface area contributed by atoms with Gasteiger partial charge in [0.1, 0.15) is 11.4 Å². The van der Waals surface area contributed by atoms with Gasteiger partial charge in [-0.05, 0) is 31.5 Å². The zero-order chi connectivity index (χ0) is 14.5. The molecule has 5 heteroatoms. The van der Waals surface area contributed by atoms with E-state index in [2.05, 4.69) is 5.32 Å². The third kappa shape index (κ3) is 1.86. The van der Waals surface area contributed by atoms with E-state index >= 15 is 0 Å². The predicted octanol–water partition coefficient (Wildman–Crippen LogP) is 1.59. The number of nitrogens with one attached hydrogen (secondary N) is 1. The van der Waals surface area contributed by atoms with Crippen LogP contribution in [0.4, 0.5) is 0 Å². The zero-order valence-electron chi connectivity index (χ0n) is 11.3. The van der Waals surface area contributed by atoms with Crippen molar-refractivity contribution in [1.29, 1.82) is 0 Å². The minimum Gasteiger partial charge on any atom is -0.508 e. The first-order chi connectivity index (χ1) is 9.38. The van der Waals surface area contributed by atoms with E-state index in [4.69, 9.17) is 4.74 Å². The van der Waals surface area contributed by atoms with E-state index in [0.717, 1.165) is 5.56 Å². The quantitative estimate of drug-likeness (QED) is 0.762. The molecule has 0 radical (unpaired) electrons. The second-order valence-corrected chi connectivity index (χ2v) is 5.59. The molecule has 2 N–H and O–H groups in total. The first kappa shape index (κ1) is 12.7. The van der Waals surface area contributed by atoms with Crippen LogP contribution < -0.4 is 5.32 Å². The molecule has 2 heterocycles. The number of cyclic esters (lactones) is 1. The number of hydrogen-bond acceptors (Lipinski definition) is 4. The van der Waals surface area contributed by atoms with E-state index in [9.17, 15) is 14.7 Å². The van der Waals surface area contributed by atoms with Gasteiger partial charge in [-0.2, -0.15) is 0 Å². The van der Waals surface area contributed by atoms with Crippen molar-refractivity contribution >= 4 is 11.9 Å². The summed E-state index contributed by atoms with van der Waals surface area (Å²) in [5, 5.41) is 12.3. The average molecular weight is 273 g/mol. The van der Waals surface area contributed by atoms with Crippen molar-refractivity contribution in [3.63, 3.8) is 0 Å². The Bertz CT molecular complexity index is 645. The Hall–Kier alpha value is -2.30. The highest BCUT2D eigenvalue weighted by Gasteiger charge is 2.47. The van der Waals surface area contributed by atoms with Gasteiger partial charge in [0.2, 0.25) is 5.91 Å². The van der Waals surface area contributed by atoms with Crippen LogP contribution in [0.3, 0.4) is 0 Å². The first-order valence-corrected chi connectivity index (χ1v) is 6.45. The molecule has 20 heavy (non-hydrogen) atoms. The van der Waals surface area contributed by atoms with Crippen LogP contribution in [0.5, 0.6) is 5.75 Å².